The maximum Gasteiger partial charge on any atom is 0.307 e. The lowest BCUT2D eigenvalue weighted by atomic mass is 10.2. The maximum absolute atomic E-state index is 12.1. The van der Waals surface area contributed by atoms with Gasteiger partial charge in [0.2, 0.25) is 5.91 Å². The number of thiazole rings is 1. The number of amides is 1. The zero-order chi connectivity index (χ0) is 13.1. The molecule has 1 amide bonds. The van der Waals surface area contributed by atoms with Crippen LogP contribution in [0, 0.1) is 6.92 Å². The zero-order valence-corrected chi connectivity index (χ0v) is 11.6. The predicted octanol–water partition coefficient (Wildman–Crippen LogP) is 0.429. The van der Waals surface area contributed by atoms with E-state index in [1.807, 2.05) is 24.1 Å². The molecular formula is C12H19N3O2S. The Morgan fingerprint density at radius 2 is 2.39 bits per heavy atom. The number of hydrogen-bond acceptors (Lipinski definition) is 4. The fourth-order valence-electron chi connectivity index (χ4n) is 2.24. The van der Waals surface area contributed by atoms with E-state index < -0.39 is 0 Å². The minimum Gasteiger partial charge on any atom is -0.337 e. The van der Waals surface area contributed by atoms with Gasteiger partial charge in [0.25, 0.3) is 0 Å². The SMILES string of the molecule is Cc1csc(=O)n1CCC(=O)N1CCNC[C@H]1C. The number of hydrogen-bond donors (Lipinski definition) is 1. The molecule has 1 saturated heterocycles. The quantitative estimate of drug-likeness (QED) is 0.866. The molecule has 0 aromatic carbocycles. The number of carbonyl (C=O) groups excluding carboxylic acids is 1. The molecule has 100 valence electrons. The monoisotopic (exact) mass is 269 g/mol. The van der Waals surface area contributed by atoms with E-state index in [1.165, 1.54) is 11.3 Å². The van der Waals surface area contributed by atoms with Gasteiger partial charge < -0.3 is 14.8 Å². The van der Waals surface area contributed by atoms with Crippen LogP contribution in [0.1, 0.15) is 19.0 Å². The Kier molecular flexibility index (Phi) is 4.19. The molecule has 18 heavy (non-hydrogen) atoms. The largest absolute Gasteiger partial charge is 0.337 e. The van der Waals surface area contributed by atoms with Gasteiger partial charge in [0, 0.05) is 49.7 Å². The fraction of sp³-hybridized carbons (Fsp3) is 0.667. The highest BCUT2D eigenvalue weighted by Crippen LogP contribution is 2.07. The third kappa shape index (κ3) is 2.81. The van der Waals surface area contributed by atoms with Crippen molar-refractivity contribution >= 4 is 17.2 Å². The molecule has 0 saturated carbocycles. The smallest absolute Gasteiger partial charge is 0.307 e. The van der Waals surface area contributed by atoms with Crippen LogP contribution < -0.4 is 10.2 Å². The van der Waals surface area contributed by atoms with Crippen molar-refractivity contribution in [3.05, 3.63) is 20.7 Å². The van der Waals surface area contributed by atoms with Gasteiger partial charge in [0.15, 0.2) is 0 Å². The lowest BCUT2D eigenvalue weighted by Gasteiger charge is -2.34. The molecular weight excluding hydrogens is 250 g/mol. The third-order valence-electron chi connectivity index (χ3n) is 3.35. The molecule has 1 fully saturated rings. The summed E-state index contributed by atoms with van der Waals surface area (Å²) in [6.45, 7) is 6.90. The molecule has 1 N–H and O–H groups in total. The Balaban J connectivity index is 1.94. The van der Waals surface area contributed by atoms with Crippen LogP contribution in [-0.2, 0) is 11.3 Å². The first-order chi connectivity index (χ1) is 8.59. The number of nitrogens with zero attached hydrogens (tertiary/aromatic N) is 2. The average Bonchev–Trinajstić information content (AvgIpc) is 2.67. The molecule has 6 heteroatoms. The Morgan fingerprint density at radius 1 is 1.61 bits per heavy atom. The molecule has 1 aliphatic rings. The minimum absolute atomic E-state index is 0.0219. The highest BCUT2D eigenvalue weighted by Gasteiger charge is 2.22. The number of rotatable bonds is 3. The van der Waals surface area contributed by atoms with E-state index in [1.54, 1.807) is 4.57 Å². The Bertz CT molecular complexity index is 480. The molecule has 1 aromatic rings. The van der Waals surface area contributed by atoms with Crippen molar-refractivity contribution in [3.8, 4) is 0 Å². The molecule has 0 spiro atoms. The Labute approximate surface area is 110 Å². The van der Waals surface area contributed by atoms with Gasteiger partial charge in [-0.05, 0) is 13.8 Å². The summed E-state index contributed by atoms with van der Waals surface area (Å²) in [5.74, 6) is 0.140. The van der Waals surface area contributed by atoms with E-state index in [0.717, 1.165) is 25.3 Å². The van der Waals surface area contributed by atoms with E-state index in [2.05, 4.69) is 5.32 Å². The highest BCUT2D eigenvalue weighted by molar-refractivity contribution is 7.07. The molecule has 1 aromatic heterocycles. The maximum atomic E-state index is 12.1. The van der Waals surface area contributed by atoms with Crippen molar-refractivity contribution < 1.29 is 4.79 Å². The zero-order valence-electron chi connectivity index (χ0n) is 10.8. The average molecular weight is 269 g/mol. The van der Waals surface area contributed by atoms with Crippen LogP contribution >= 0.6 is 11.3 Å². The summed E-state index contributed by atoms with van der Waals surface area (Å²) in [6, 6.07) is 0.242. The summed E-state index contributed by atoms with van der Waals surface area (Å²) in [5.41, 5.74) is 0.936. The van der Waals surface area contributed by atoms with Gasteiger partial charge in [-0.3, -0.25) is 9.59 Å². The van der Waals surface area contributed by atoms with Crippen LogP contribution in [0.2, 0.25) is 0 Å². The van der Waals surface area contributed by atoms with Gasteiger partial charge in [-0.2, -0.15) is 0 Å². The molecule has 0 unspecified atom stereocenters. The van der Waals surface area contributed by atoms with E-state index in [9.17, 15) is 9.59 Å². The van der Waals surface area contributed by atoms with Crippen molar-refractivity contribution in [2.75, 3.05) is 19.6 Å². The predicted molar refractivity (Wildman–Crippen MR) is 72.0 cm³/mol. The van der Waals surface area contributed by atoms with Gasteiger partial charge in [-0.1, -0.05) is 11.3 Å². The van der Waals surface area contributed by atoms with Crippen molar-refractivity contribution in [2.24, 2.45) is 0 Å². The Hall–Kier alpha value is -1.14. The summed E-state index contributed by atoms with van der Waals surface area (Å²) in [7, 11) is 0. The first-order valence-corrected chi connectivity index (χ1v) is 7.12. The van der Waals surface area contributed by atoms with Crippen LogP contribution in [0.3, 0.4) is 0 Å². The molecule has 1 aliphatic heterocycles. The number of carbonyl (C=O) groups is 1. The van der Waals surface area contributed by atoms with Gasteiger partial charge in [0.1, 0.15) is 0 Å². The standard InChI is InChI=1S/C12H19N3O2S/c1-9-7-13-4-6-14(9)11(16)3-5-15-10(2)8-18-12(15)17/h8-9,13H,3-7H2,1-2H3/t9-/m1/s1. The second kappa shape index (κ2) is 5.67. The summed E-state index contributed by atoms with van der Waals surface area (Å²) < 4.78 is 1.68. The first-order valence-electron chi connectivity index (χ1n) is 6.24. The Morgan fingerprint density at radius 3 is 3.00 bits per heavy atom. The summed E-state index contributed by atoms with van der Waals surface area (Å²) in [5, 5.41) is 5.09. The second-order valence-corrected chi connectivity index (χ2v) is 5.51. The highest BCUT2D eigenvalue weighted by atomic mass is 32.1. The lowest BCUT2D eigenvalue weighted by Crippen LogP contribution is -2.52. The first kappa shape index (κ1) is 13.3. The van der Waals surface area contributed by atoms with E-state index >= 15 is 0 Å². The van der Waals surface area contributed by atoms with Crippen molar-refractivity contribution in [1.82, 2.24) is 14.8 Å². The molecule has 2 rings (SSSR count). The van der Waals surface area contributed by atoms with Crippen molar-refractivity contribution in [2.45, 2.75) is 32.9 Å². The van der Waals surface area contributed by atoms with Gasteiger partial charge in [-0.25, -0.2) is 0 Å². The van der Waals surface area contributed by atoms with Crippen molar-refractivity contribution in [3.63, 3.8) is 0 Å². The molecule has 1 atom stereocenters. The summed E-state index contributed by atoms with van der Waals surface area (Å²) in [6.07, 6.45) is 0.405. The lowest BCUT2D eigenvalue weighted by molar-refractivity contribution is -0.134. The normalized spacial score (nSPS) is 20.1. The van der Waals surface area contributed by atoms with E-state index in [-0.39, 0.29) is 16.8 Å². The number of nitrogens with one attached hydrogen (secondary N) is 1. The molecule has 5 nitrogen and oxygen atoms in total. The van der Waals surface area contributed by atoms with Crippen LogP contribution in [0.4, 0.5) is 0 Å². The number of aryl methyl sites for hydroxylation is 1. The second-order valence-electron chi connectivity index (χ2n) is 4.68. The van der Waals surface area contributed by atoms with E-state index in [0.29, 0.717) is 13.0 Å². The summed E-state index contributed by atoms with van der Waals surface area (Å²) in [4.78, 5) is 25.6. The topological polar surface area (TPSA) is 54.3 Å². The van der Waals surface area contributed by atoms with Crippen LogP contribution in [-0.4, -0.2) is 41.1 Å². The fourth-order valence-corrected chi connectivity index (χ4v) is 3.00. The molecule has 0 radical (unpaired) electrons. The molecule has 0 aliphatic carbocycles. The van der Waals surface area contributed by atoms with Gasteiger partial charge in [-0.15, -0.1) is 0 Å². The van der Waals surface area contributed by atoms with Crippen LogP contribution in [0.25, 0.3) is 0 Å². The number of aromatic nitrogens is 1. The minimum atomic E-state index is 0.0219. The van der Waals surface area contributed by atoms with Gasteiger partial charge >= 0.3 is 4.87 Å². The van der Waals surface area contributed by atoms with E-state index in [4.69, 9.17) is 0 Å². The van der Waals surface area contributed by atoms with Crippen molar-refractivity contribution in [1.29, 1.82) is 0 Å². The molecule has 2 heterocycles. The third-order valence-corrected chi connectivity index (χ3v) is 4.23. The number of piperazine rings is 1. The van der Waals surface area contributed by atoms with Gasteiger partial charge in [0.05, 0.1) is 0 Å². The molecule has 0 bridgehead atoms. The van der Waals surface area contributed by atoms with Crippen LogP contribution in [0.15, 0.2) is 10.2 Å². The van der Waals surface area contributed by atoms with Crippen LogP contribution in [0.5, 0.6) is 0 Å². The summed E-state index contributed by atoms with van der Waals surface area (Å²) >= 11 is 1.19.